The van der Waals surface area contributed by atoms with E-state index in [1.54, 1.807) is 7.11 Å². The summed E-state index contributed by atoms with van der Waals surface area (Å²) in [6, 6.07) is 12.4. The molecule has 27 heavy (non-hydrogen) atoms. The fourth-order valence-electron chi connectivity index (χ4n) is 3.41. The molecule has 0 aliphatic rings. The molecule has 0 saturated carbocycles. The Morgan fingerprint density at radius 1 is 0.889 bits per heavy atom. The minimum Gasteiger partial charge on any atom is -0.507 e. The Labute approximate surface area is 165 Å². The molecule has 2 aromatic rings. The second kappa shape index (κ2) is 7.55. The molecule has 0 spiro atoms. The molecule has 0 aromatic heterocycles. The molecular weight excluding hydrogens is 334 g/mol. The first-order chi connectivity index (χ1) is 12.4. The maximum Gasteiger partial charge on any atom is 0.124 e. The summed E-state index contributed by atoms with van der Waals surface area (Å²) >= 11 is 0. The van der Waals surface area contributed by atoms with E-state index in [9.17, 15) is 5.11 Å². The second-order valence-electron chi connectivity index (χ2n) is 9.60. The van der Waals surface area contributed by atoms with Gasteiger partial charge in [-0.1, -0.05) is 59.7 Å². The van der Waals surface area contributed by atoms with Gasteiger partial charge in [-0.3, -0.25) is 4.90 Å². The van der Waals surface area contributed by atoms with E-state index in [0.29, 0.717) is 5.75 Å². The van der Waals surface area contributed by atoms with Crippen LogP contribution in [-0.4, -0.2) is 31.2 Å². The van der Waals surface area contributed by atoms with Crippen molar-refractivity contribution in [2.24, 2.45) is 0 Å². The van der Waals surface area contributed by atoms with Gasteiger partial charge < -0.3 is 9.84 Å². The maximum absolute atomic E-state index is 11.2. The fourth-order valence-corrected chi connectivity index (χ4v) is 3.41. The molecule has 3 nitrogen and oxygen atoms in total. The number of rotatable bonds is 4. The van der Waals surface area contributed by atoms with Crippen LogP contribution in [0.3, 0.4) is 0 Å². The predicted octanol–water partition coefficient (Wildman–Crippen LogP) is 5.65. The molecule has 0 aliphatic carbocycles. The number of aromatic hydroxyl groups is 1. The monoisotopic (exact) mass is 369 g/mol. The van der Waals surface area contributed by atoms with Gasteiger partial charge in [-0.2, -0.15) is 0 Å². The van der Waals surface area contributed by atoms with Crippen molar-refractivity contribution in [3.8, 4) is 11.5 Å². The molecule has 2 rings (SSSR count). The zero-order valence-corrected chi connectivity index (χ0v) is 18.3. The largest absolute Gasteiger partial charge is 0.507 e. The standard InChI is InChI=1S/C24H35NO2/c1-23(2,3)17-14-19(22(26)20(15-17)24(4,5)6)21(25(7)8)16-10-12-18(27-9)13-11-16/h10-15,21,26H,1-9H3/t21-/m0/s1. The van der Waals surface area contributed by atoms with Crippen molar-refractivity contribution in [3.05, 3.63) is 58.7 Å². The summed E-state index contributed by atoms with van der Waals surface area (Å²) in [4.78, 5) is 2.15. The highest BCUT2D eigenvalue weighted by Gasteiger charge is 2.29. The van der Waals surface area contributed by atoms with Crippen LogP contribution in [0.15, 0.2) is 36.4 Å². The van der Waals surface area contributed by atoms with E-state index in [-0.39, 0.29) is 16.9 Å². The topological polar surface area (TPSA) is 32.7 Å². The fraction of sp³-hybridized carbons (Fsp3) is 0.500. The lowest BCUT2D eigenvalue weighted by atomic mass is 9.77. The number of nitrogens with zero attached hydrogens (tertiary/aromatic N) is 1. The number of hydrogen-bond acceptors (Lipinski definition) is 3. The van der Waals surface area contributed by atoms with Crippen LogP contribution >= 0.6 is 0 Å². The van der Waals surface area contributed by atoms with Gasteiger partial charge in [-0.25, -0.2) is 0 Å². The van der Waals surface area contributed by atoms with Crippen LogP contribution in [0.5, 0.6) is 11.5 Å². The van der Waals surface area contributed by atoms with Crippen LogP contribution in [-0.2, 0) is 10.8 Å². The van der Waals surface area contributed by atoms with Gasteiger partial charge in [0.2, 0.25) is 0 Å². The van der Waals surface area contributed by atoms with Gasteiger partial charge in [-0.05, 0) is 59.8 Å². The lowest BCUT2D eigenvalue weighted by Crippen LogP contribution is -2.24. The molecule has 2 aromatic carbocycles. The molecule has 1 atom stereocenters. The first-order valence-corrected chi connectivity index (χ1v) is 9.54. The van der Waals surface area contributed by atoms with Crippen LogP contribution in [0.2, 0.25) is 0 Å². The van der Waals surface area contributed by atoms with Crippen molar-refractivity contribution in [1.29, 1.82) is 0 Å². The number of benzene rings is 2. The number of methoxy groups -OCH3 is 1. The van der Waals surface area contributed by atoms with E-state index in [4.69, 9.17) is 4.74 Å². The van der Waals surface area contributed by atoms with Crippen LogP contribution in [0, 0.1) is 0 Å². The van der Waals surface area contributed by atoms with Gasteiger partial charge >= 0.3 is 0 Å². The molecule has 1 N–H and O–H groups in total. The van der Waals surface area contributed by atoms with E-state index in [0.717, 1.165) is 22.4 Å². The molecular formula is C24H35NO2. The van der Waals surface area contributed by atoms with Crippen LogP contribution < -0.4 is 4.74 Å². The second-order valence-corrected chi connectivity index (χ2v) is 9.60. The third-order valence-electron chi connectivity index (χ3n) is 5.06. The molecule has 3 heteroatoms. The van der Waals surface area contributed by atoms with Crippen molar-refractivity contribution < 1.29 is 9.84 Å². The molecule has 0 heterocycles. The smallest absolute Gasteiger partial charge is 0.124 e. The Kier molecular flexibility index (Phi) is 5.96. The molecule has 0 radical (unpaired) electrons. The van der Waals surface area contributed by atoms with Crippen LogP contribution in [0.1, 0.15) is 69.8 Å². The molecule has 0 aliphatic heterocycles. The van der Waals surface area contributed by atoms with Crippen molar-refractivity contribution in [2.45, 2.75) is 58.4 Å². The zero-order chi connectivity index (χ0) is 20.6. The molecule has 148 valence electrons. The predicted molar refractivity (Wildman–Crippen MR) is 114 cm³/mol. The Hall–Kier alpha value is -2.00. The number of phenols is 1. The van der Waals surface area contributed by atoms with Crippen molar-refractivity contribution in [2.75, 3.05) is 21.2 Å². The van der Waals surface area contributed by atoms with Gasteiger partial charge in [0.25, 0.3) is 0 Å². The van der Waals surface area contributed by atoms with Crippen LogP contribution in [0.25, 0.3) is 0 Å². The summed E-state index contributed by atoms with van der Waals surface area (Å²) in [6.07, 6.45) is 0. The Morgan fingerprint density at radius 3 is 1.85 bits per heavy atom. The summed E-state index contributed by atoms with van der Waals surface area (Å²) in [5.41, 5.74) is 4.16. The third kappa shape index (κ3) is 4.65. The minimum absolute atomic E-state index is 0.000773. The summed E-state index contributed by atoms with van der Waals surface area (Å²) in [7, 11) is 5.77. The van der Waals surface area contributed by atoms with Gasteiger partial charge in [0.05, 0.1) is 13.2 Å². The number of phenolic OH excluding ortho intramolecular Hbond substituents is 1. The molecule has 0 bridgehead atoms. The Bertz CT molecular complexity index is 778. The average molecular weight is 370 g/mol. The lowest BCUT2D eigenvalue weighted by molar-refractivity contribution is 0.328. The van der Waals surface area contributed by atoms with Gasteiger partial charge in [0, 0.05) is 5.56 Å². The van der Waals surface area contributed by atoms with E-state index in [1.807, 2.05) is 12.1 Å². The van der Waals surface area contributed by atoms with Gasteiger partial charge in [0.15, 0.2) is 0 Å². The number of ether oxygens (including phenoxy) is 1. The summed E-state index contributed by atoms with van der Waals surface area (Å²) in [5.74, 6) is 1.23. The SMILES string of the molecule is COc1ccc([C@@H](c2cc(C(C)(C)C)cc(C(C)(C)C)c2O)N(C)C)cc1. The summed E-state index contributed by atoms with van der Waals surface area (Å²) in [5, 5.41) is 11.2. The first-order valence-electron chi connectivity index (χ1n) is 9.54. The van der Waals surface area contributed by atoms with Crippen molar-refractivity contribution in [1.82, 2.24) is 4.90 Å². The summed E-state index contributed by atoms with van der Waals surface area (Å²) < 4.78 is 5.30. The van der Waals surface area contributed by atoms with E-state index < -0.39 is 0 Å². The Balaban J connectivity index is 2.74. The van der Waals surface area contributed by atoms with Crippen molar-refractivity contribution >= 4 is 0 Å². The highest BCUT2D eigenvalue weighted by atomic mass is 16.5. The van der Waals surface area contributed by atoms with Crippen LogP contribution in [0.4, 0.5) is 0 Å². The first kappa shape index (κ1) is 21.3. The third-order valence-corrected chi connectivity index (χ3v) is 5.06. The van der Waals surface area contributed by atoms with Gasteiger partial charge in [-0.15, -0.1) is 0 Å². The highest BCUT2D eigenvalue weighted by Crippen LogP contribution is 2.42. The van der Waals surface area contributed by atoms with E-state index >= 15 is 0 Å². The van der Waals surface area contributed by atoms with E-state index in [2.05, 4.69) is 84.8 Å². The average Bonchev–Trinajstić information content (AvgIpc) is 2.54. The Morgan fingerprint density at radius 2 is 1.44 bits per heavy atom. The minimum atomic E-state index is -0.142. The maximum atomic E-state index is 11.2. The molecule has 0 unspecified atom stereocenters. The highest BCUT2D eigenvalue weighted by molar-refractivity contribution is 5.52. The summed E-state index contributed by atoms with van der Waals surface area (Å²) in [6.45, 7) is 13.1. The molecule has 0 saturated heterocycles. The van der Waals surface area contributed by atoms with Crippen molar-refractivity contribution in [3.63, 3.8) is 0 Å². The quantitative estimate of drug-likeness (QED) is 0.756. The molecule has 0 amide bonds. The number of hydrogen-bond donors (Lipinski definition) is 1. The van der Waals surface area contributed by atoms with E-state index in [1.165, 1.54) is 5.56 Å². The molecule has 0 fully saturated rings. The normalized spacial score (nSPS) is 13.7. The lowest BCUT2D eigenvalue weighted by Gasteiger charge is -2.32. The zero-order valence-electron chi connectivity index (χ0n) is 18.3. The van der Waals surface area contributed by atoms with Gasteiger partial charge in [0.1, 0.15) is 11.5 Å².